The minimum absolute atomic E-state index is 0.104. The third-order valence-corrected chi connectivity index (χ3v) is 2.58. The number of carbonyl (C=O) groups excluding carboxylic acids is 1. The van der Waals surface area contributed by atoms with E-state index < -0.39 is 0 Å². The van der Waals surface area contributed by atoms with Crippen molar-refractivity contribution in [2.75, 3.05) is 13.1 Å². The zero-order valence-corrected chi connectivity index (χ0v) is 10.2. The summed E-state index contributed by atoms with van der Waals surface area (Å²) in [5, 5.41) is 0. The van der Waals surface area contributed by atoms with Gasteiger partial charge in [-0.05, 0) is 20.8 Å². The first-order chi connectivity index (χ1) is 7.69. The number of hydrogen-bond donors (Lipinski definition) is 0. The first kappa shape index (κ1) is 12.5. The number of carbonyl (C=O) groups is 1. The van der Waals surface area contributed by atoms with Gasteiger partial charge in [-0.3, -0.25) is 4.79 Å². The molecule has 1 rings (SSSR count). The Morgan fingerprint density at radius 2 is 1.75 bits per heavy atom. The van der Waals surface area contributed by atoms with Gasteiger partial charge in [0.2, 0.25) is 0 Å². The van der Waals surface area contributed by atoms with Gasteiger partial charge in [0.05, 0.1) is 0 Å². The summed E-state index contributed by atoms with van der Waals surface area (Å²) in [4.78, 5) is 14.1. The van der Waals surface area contributed by atoms with Crippen molar-refractivity contribution in [2.45, 2.75) is 20.8 Å². The standard InChI is InChI=1S/C14H19NO/c1-4-15(5-2)11-12(3)14(16)13-9-7-6-8-10-13/h6-11H,4-5H2,1-3H3. The molecule has 0 bridgehead atoms. The number of ketones is 1. The van der Waals surface area contributed by atoms with Crippen LogP contribution in [0.15, 0.2) is 42.1 Å². The molecule has 0 N–H and O–H groups in total. The van der Waals surface area contributed by atoms with Crippen molar-refractivity contribution in [3.63, 3.8) is 0 Å². The van der Waals surface area contributed by atoms with Crippen molar-refractivity contribution in [1.82, 2.24) is 4.90 Å². The molecule has 0 aliphatic carbocycles. The normalized spacial score (nSPS) is 11.3. The van der Waals surface area contributed by atoms with E-state index >= 15 is 0 Å². The van der Waals surface area contributed by atoms with Gasteiger partial charge in [0.25, 0.3) is 0 Å². The van der Waals surface area contributed by atoms with E-state index in [1.807, 2.05) is 43.5 Å². The Morgan fingerprint density at radius 1 is 1.19 bits per heavy atom. The van der Waals surface area contributed by atoms with E-state index in [9.17, 15) is 4.79 Å². The zero-order chi connectivity index (χ0) is 12.0. The van der Waals surface area contributed by atoms with Gasteiger partial charge in [-0.15, -0.1) is 0 Å². The lowest BCUT2D eigenvalue weighted by Crippen LogP contribution is -2.17. The second-order valence-electron chi connectivity index (χ2n) is 3.73. The smallest absolute Gasteiger partial charge is 0.190 e. The van der Waals surface area contributed by atoms with Crippen molar-refractivity contribution in [3.05, 3.63) is 47.7 Å². The van der Waals surface area contributed by atoms with Crippen LogP contribution >= 0.6 is 0 Å². The van der Waals surface area contributed by atoms with Crippen LogP contribution in [-0.4, -0.2) is 23.8 Å². The molecular weight excluding hydrogens is 198 g/mol. The summed E-state index contributed by atoms with van der Waals surface area (Å²) < 4.78 is 0. The molecular formula is C14H19NO. The Hall–Kier alpha value is -1.57. The topological polar surface area (TPSA) is 20.3 Å². The maximum absolute atomic E-state index is 12.0. The fourth-order valence-electron chi connectivity index (χ4n) is 1.56. The minimum Gasteiger partial charge on any atom is -0.378 e. The number of hydrogen-bond acceptors (Lipinski definition) is 2. The molecule has 0 aromatic heterocycles. The highest BCUT2D eigenvalue weighted by atomic mass is 16.1. The largest absolute Gasteiger partial charge is 0.378 e. The SMILES string of the molecule is CCN(C=C(C)C(=O)c1ccccc1)CC. The average Bonchev–Trinajstić information content (AvgIpc) is 2.35. The van der Waals surface area contributed by atoms with Crippen molar-refractivity contribution in [2.24, 2.45) is 0 Å². The van der Waals surface area contributed by atoms with E-state index in [1.54, 1.807) is 0 Å². The Bertz CT molecular complexity index is 364. The summed E-state index contributed by atoms with van der Waals surface area (Å²) in [7, 11) is 0. The van der Waals surface area contributed by atoms with Gasteiger partial charge in [-0.25, -0.2) is 0 Å². The number of benzene rings is 1. The fourth-order valence-corrected chi connectivity index (χ4v) is 1.56. The van der Waals surface area contributed by atoms with Gasteiger partial charge in [-0.1, -0.05) is 30.3 Å². The molecule has 0 radical (unpaired) electrons. The summed E-state index contributed by atoms with van der Waals surface area (Å²) in [6.45, 7) is 7.89. The van der Waals surface area contributed by atoms with Gasteiger partial charge < -0.3 is 4.90 Å². The minimum atomic E-state index is 0.104. The molecule has 0 saturated heterocycles. The monoisotopic (exact) mass is 217 g/mol. The predicted molar refractivity (Wildman–Crippen MR) is 67.5 cm³/mol. The highest BCUT2D eigenvalue weighted by Gasteiger charge is 2.07. The average molecular weight is 217 g/mol. The van der Waals surface area contributed by atoms with Crippen LogP contribution in [0.3, 0.4) is 0 Å². The Kier molecular flexibility index (Phi) is 4.77. The molecule has 0 spiro atoms. The molecule has 0 aliphatic rings. The number of Topliss-reactive ketones (excluding diaryl/α,β-unsaturated/α-hetero) is 1. The lowest BCUT2D eigenvalue weighted by molar-refractivity contribution is 0.103. The third-order valence-electron chi connectivity index (χ3n) is 2.58. The summed E-state index contributed by atoms with van der Waals surface area (Å²) >= 11 is 0. The summed E-state index contributed by atoms with van der Waals surface area (Å²) in [6, 6.07) is 9.39. The molecule has 2 nitrogen and oxygen atoms in total. The maximum atomic E-state index is 12.0. The lowest BCUT2D eigenvalue weighted by atomic mass is 10.1. The molecule has 2 heteroatoms. The van der Waals surface area contributed by atoms with Crippen LogP contribution in [0.2, 0.25) is 0 Å². The van der Waals surface area contributed by atoms with Gasteiger partial charge in [0.15, 0.2) is 5.78 Å². The molecule has 1 aromatic carbocycles. The molecule has 0 aliphatic heterocycles. The van der Waals surface area contributed by atoms with Crippen LogP contribution in [-0.2, 0) is 0 Å². The van der Waals surface area contributed by atoms with Crippen molar-refractivity contribution in [3.8, 4) is 0 Å². The highest BCUT2D eigenvalue weighted by Crippen LogP contribution is 2.08. The molecule has 1 aromatic rings. The quantitative estimate of drug-likeness (QED) is 0.558. The summed E-state index contributed by atoms with van der Waals surface area (Å²) in [5.41, 5.74) is 1.54. The van der Waals surface area contributed by atoms with Crippen molar-refractivity contribution in [1.29, 1.82) is 0 Å². The Labute approximate surface area is 97.6 Å². The van der Waals surface area contributed by atoms with Crippen LogP contribution in [0.4, 0.5) is 0 Å². The molecule has 0 heterocycles. The molecule has 0 saturated carbocycles. The van der Waals surface area contributed by atoms with Crippen LogP contribution in [0.25, 0.3) is 0 Å². The van der Waals surface area contributed by atoms with Gasteiger partial charge in [-0.2, -0.15) is 0 Å². The summed E-state index contributed by atoms with van der Waals surface area (Å²) in [6.07, 6.45) is 1.94. The number of allylic oxidation sites excluding steroid dienone is 1. The third kappa shape index (κ3) is 3.23. The van der Waals surface area contributed by atoms with E-state index in [-0.39, 0.29) is 5.78 Å². The second-order valence-corrected chi connectivity index (χ2v) is 3.73. The van der Waals surface area contributed by atoms with Crippen LogP contribution in [0.1, 0.15) is 31.1 Å². The Morgan fingerprint density at radius 3 is 2.25 bits per heavy atom. The lowest BCUT2D eigenvalue weighted by Gasteiger charge is -2.16. The van der Waals surface area contributed by atoms with Gasteiger partial charge >= 0.3 is 0 Å². The molecule has 0 unspecified atom stereocenters. The van der Waals surface area contributed by atoms with Crippen molar-refractivity contribution >= 4 is 5.78 Å². The van der Waals surface area contributed by atoms with Crippen LogP contribution < -0.4 is 0 Å². The van der Waals surface area contributed by atoms with E-state index in [0.29, 0.717) is 0 Å². The molecule has 86 valence electrons. The maximum Gasteiger partial charge on any atom is 0.190 e. The zero-order valence-electron chi connectivity index (χ0n) is 10.2. The number of rotatable bonds is 5. The van der Waals surface area contributed by atoms with Gasteiger partial charge in [0, 0.05) is 30.4 Å². The first-order valence-electron chi connectivity index (χ1n) is 5.71. The summed E-state index contributed by atoms with van der Waals surface area (Å²) in [5.74, 6) is 0.104. The first-order valence-corrected chi connectivity index (χ1v) is 5.71. The molecule has 0 amide bonds. The second kappa shape index (κ2) is 6.11. The Balaban J connectivity index is 2.82. The van der Waals surface area contributed by atoms with Crippen molar-refractivity contribution < 1.29 is 4.79 Å². The van der Waals surface area contributed by atoms with E-state index in [2.05, 4.69) is 18.7 Å². The molecule has 0 atom stereocenters. The molecule has 0 fully saturated rings. The predicted octanol–water partition coefficient (Wildman–Crippen LogP) is 3.11. The van der Waals surface area contributed by atoms with Crippen LogP contribution in [0.5, 0.6) is 0 Å². The number of nitrogens with zero attached hydrogens (tertiary/aromatic N) is 1. The highest BCUT2D eigenvalue weighted by molar-refractivity contribution is 6.08. The molecule has 16 heavy (non-hydrogen) atoms. The van der Waals surface area contributed by atoms with E-state index in [4.69, 9.17) is 0 Å². The van der Waals surface area contributed by atoms with Crippen LogP contribution in [0, 0.1) is 0 Å². The van der Waals surface area contributed by atoms with E-state index in [0.717, 1.165) is 24.2 Å². The van der Waals surface area contributed by atoms with E-state index in [1.165, 1.54) is 0 Å². The van der Waals surface area contributed by atoms with Gasteiger partial charge in [0.1, 0.15) is 0 Å². The fraction of sp³-hybridized carbons (Fsp3) is 0.357.